The fourth-order valence-electron chi connectivity index (χ4n) is 3.64. The lowest BCUT2D eigenvalue weighted by Crippen LogP contribution is -2.11. The van der Waals surface area contributed by atoms with Crippen LogP contribution in [0.15, 0.2) is 91.3 Å². The molecule has 2 heterocycles. The number of carbonyl (C=O) groups excluding carboxylic acids is 1. The molecule has 0 bridgehead atoms. The van der Waals surface area contributed by atoms with Gasteiger partial charge in [-0.1, -0.05) is 42.5 Å². The summed E-state index contributed by atoms with van der Waals surface area (Å²) in [5.74, 6) is 0.656. The van der Waals surface area contributed by atoms with E-state index in [1.54, 1.807) is 24.5 Å². The third-order valence-corrected chi connectivity index (χ3v) is 5.23. The quantitative estimate of drug-likeness (QED) is 0.394. The molecule has 0 aliphatic rings. The Balaban J connectivity index is 1.45. The Bertz CT molecular complexity index is 1390. The van der Waals surface area contributed by atoms with Crippen molar-refractivity contribution in [3.05, 3.63) is 102 Å². The molecule has 0 atom stereocenters. The van der Waals surface area contributed by atoms with Crippen LogP contribution < -0.4 is 5.32 Å². The molecule has 2 N–H and O–H groups in total. The lowest BCUT2D eigenvalue weighted by molar-refractivity contribution is 0.102. The molecule has 5 aromatic rings. The Kier molecular flexibility index (Phi) is 4.77. The van der Waals surface area contributed by atoms with Crippen LogP contribution in [0.3, 0.4) is 0 Å². The van der Waals surface area contributed by atoms with Crippen LogP contribution in [0, 0.1) is 6.92 Å². The Morgan fingerprint density at radius 1 is 0.871 bits per heavy atom. The summed E-state index contributed by atoms with van der Waals surface area (Å²) in [7, 11) is 0. The second-order valence-corrected chi connectivity index (χ2v) is 7.41. The Morgan fingerprint density at radius 2 is 1.65 bits per heavy atom. The zero-order valence-electron chi connectivity index (χ0n) is 17.0. The van der Waals surface area contributed by atoms with E-state index in [4.69, 9.17) is 4.98 Å². The first kappa shape index (κ1) is 18.8. The summed E-state index contributed by atoms with van der Waals surface area (Å²) in [5.41, 5.74) is 7.49. The molecule has 0 saturated heterocycles. The van der Waals surface area contributed by atoms with E-state index in [0.717, 1.165) is 44.8 Å². The van der Waals surface area contributed by atoms with Crippen LogP contribution in [0.4, 0.5) is 5.69 Å². The number of nitrogens with one attached hydrogen (secondary N) is 2. The van der Waals surface area contributed by atoms with E-state index in [1.807, 2.05) is 48.5 Å². The highest BCUT2D eigenvalue weighted by Gasteiger charge is 2.10. The predicted octanol–water partition coefficient (Wildman–Crippen LogP) is 5.85. The van der Waals surface area contributed by atoms with Gasteiger partial charge in [0.2, 0.25) is 0 Å². The number of nitrogens with zero attached hydrogens (tertiary/aromatic N) is 2. The van der Waals surface area contributed by atoms with Gasteiger partial charge < -0.3 is 10.3 Å². The number of benzene rings is 3. The molecule has 31 heavy (non-hydrogen) atoms. The van der Waals surface area contributed by atoms with Gasteiger partial charge in [0, 0.05) is 23.6 Å². The number of aromatic nitrogens is 3. The molecule has 0 aliphatic carbocycles. The molecule has 5 rings (SSSR count). The number of rotatable bonds is 4. The molecule has 5 nitrogen and oxygen atoms in total. The topological polar surface area (TPSA) is 70.7 Å². The van der Waals surface area contributed by atoms with Gasteiger partial charge in [-0.25, -0.2) is 4.98 Å². The summed E-state index contributed by atoms with van der Waals surface area (Å²) in [5, 5.41) is 2.94. The summed E-state index contributed by atoms with van der Waals surface area (Å²) in [6, 6.07) is 25.7. The Hall–Kier alpha value is -4.25. The number of pyridine rings is 1. The van der Waals surface area contributed by atoms with Crippen LogP contribution in [-0.4, -0.2) is 20.9 Å². The summed E-state index contributed by atoms with van der Waals surface area (Å²) >= 11 is 0. The maximum atomic E-state index is 12.5. The minimum absolute atomic E-state index is 0.184. The maximum Gasteiger partial charge on any atom is 0.257 e. The van der Waals surface area contributed by atoms with Crippen molar-refractivity contribution in [2.45, 2.75) is 6.92 Å². The highest BCUT2D eigenvalue weighted by Crippen LogP contribution is 2.28. The largest absolute Gasteiger partial charge is 0.338 e. The molecular formula is C26H20N4O. The van der Waals surface area contributed by atoms with E-state index < -0.39 is 0 Å². The van der Waals surface area contributed by atoms with Gasteiger partial charge in [-0.05, 0) is 60.0 Å². The van der Waals surface area contributed by atoms with Crippen LogP contribution in [-0.2, 0) is 0 Å². The number of carbonyl (C=O) groups is 1. The van der Waals surface area contributed by atoms with Crippen molar-refractivity contribution >= 4 is 22.6 Å². The maximum absolute atomic E-state index is 12.5. The van der Waals surface area contributed by atoms with E-state index in [2.05, 4.69) is 40.4 Å². The van der Waals surface area contributed by atoms with Gasteiger partial charge in [0.25, 0.3) is 5.91 Å². The molecule has 2 aromatic heterocycles. The lowest BCUT2D eigenvalue weighted by Gasteiger charge is -2.08. The van der Waals surface area contributed by atoms with Crippen LogP contribution in [0.1, 0.15) is 15.9 Å². The number of para-hydroxylation sites is 1. The fraction of sp³-hybridized carbons (Fsp3) is 0.0385. The number of anilines is 1. The van der Waals surface area contributed by atoms with Crippen molar-refractivity contribution < 1.29 is 4.79 Å². The number of hydrogen-bond donors (Lipinski definition) is 2. The summed E-state index contributed by atoms with van der Waals surface area (Å²) in [6.07, 6.45) is 3.20. The van der Waals surface area contributed by atoms with E-state index in [0.29, 0.717) is 5.56 Å². The Morgan fingerprint density at radius 3 is 2.45 bits per heavy atom. The molecule has 0 radical (unpaired) electrons. The van der Waals surface area contributed by atoms with Crippen molar-refractivity contribution in [2.24, 2.45) is 0 Å². The van der Waals surface area contributed by atoms with Gasteiger partial charge in [0.05, 0.1) is 16.6 Å². The van der Waals surface area contributed by atoms with Crippen LogP contribution in [0.5, 0.6) is 0 Å². The normalized spacial score (nSPS) is 10.9. The Labute approximate surface area is 179 Å². The van der Waals surface area contributed by atoms with Gasteiger partial charge in [-0.2, -0.15) is 0 Å². The molecule has 3 aromatic carbocycles. The number of fused-ring (bicyclic) bond motifs is 1. The number of aromatic amines is 1. The second-order valence-electron chi connectivity index (χ2n) is 7.41. The number of hydrogen-bond acceptors (Lipinski definition) is 3. The molecule has 0 unspecified atom stereocenters. The van der Waals surface area contributed by atoms with Gasteiger partial charge >= 0.3 is 0 Å². The van der Waals surface area contributed by atoms with E-state index >= 15 is 0 Å². The summed E-state index contributed by atoms with van der Waals surface area (Å²) < 4.78 is 0. The van der Waals surface area contributed by atoms with Gasteiger partial charge in [0.15, 0.2) is 0 Å². The van der Waals surface area contributed by atoms with Crippen molar-refractivity contribution in [2.75, 3.05) is 5.32 Å². The van der Waals surface area contributed by atoms with Crippen molar-refractivity contribution in [1.29, 1.82) is 0 Å². The minimum atomic E-state index is -0.184. The predicted molar refractivity (Wildman–Crippen MR) is 124 cm³/mol. The highest BCUT2D eigenvalue weighted by molar-refractivity contribution is 6.04. The van der Waals surface area contributed by atoms with Crippen LogP contribution in [0.2, 0.25) is 0 Å². The number of H-pyrrole nitrogens is 1. The van der Waals surface area contributed by atoms with E-state index in [1.165, 1.54) is 0 Å². The summed E-state index contributed by atoms with van der Waals surface area (Å²) in [6.45, 7) is 2.06. The van der Waals surface area contributed by atoms with E-state index in [9.17, 15) is 4.79 Å². The molecule has 0 saturated carbocycles. The molecule has 0 spiro atoms. The monoisotopic (exact) mass is 404 g/mol. The third-order valence-electron chi connectivity index (χ3n) is 5.23. The van der Waals surface area contributed by atoms with E-state index in [-0.39, 0.29) is 5.91 Å². The van der Waals surface area contributed by atoms with Crippen LogP contribution in [0.25, 0.3) is 33.5 Å². The number of aryl methyl sites for hydroxylation is 1. The SMILES string of the molecule is Cc1cccc2[nH]c(-c3cccc(-c4cccc(NC(=O)c5cccnc5)c4)c3)nc12. The highest BCUT2D eigenvalue weighted by atomic mass is 16.1. The molecule has 150 valence electrons. The first-order chi connectivity index (χ1) is 15.2. The second kappa shape index (κ2) is 7.88. The average Bonchev–Trinajstić information content (AvgIpc) is 3.26. The number of amides is 1. The van der Waals surface area contributed by atoms with Crippen LogP contribution >= 0.6 is 0 Å². The molecule has 1 amide bonds. The molecular weight excluding hydrogens is 384 g/mol. The third kappa shape index (κ3) is 3.81. The minimum Gasteiger partial charge on any atom is -0.338 e. The van der Waals surface area contributed by atoms with Crippen molar-refractivity contribution in [3.8, 4) is 22.5 Å². The smallest absolute Gasteiger partial charge is 0.257 e. The first-order valence-corrected chi connectivity index (χ1v) is 10.0. The number of imidazole rings is 1. The van der Waals surface area contributed by atoms with Crippen molar-refractivity contribution in [3.63, 3.8) is 0 Å². The summed E-state index contributed by atoms with van der Waals surface area (Å²) in [4.78, 5) is 24.7. The zero-order valence-corrected chi connectivity index (χ0v) is 17.0. The van der Waals surface area contributed by atoms with Crippen molar-refractivity contribution in [1.82, 2.24) is 15.0 Å². The van der Waals surface area contributed by atoms with Gasteiger partial charge in [-0.15, -0.1) is 0 Å². The van der Waals surface area contributed by atoms with Gasteiger partial charge in [0.1, 0.15) is 5.82 Å². The molecule has 0 aliphatic heterocycles. The molecule has 0 fully saturated rings. The fourth-order valence-corrected chi connectivity index (χ4v) is 3.64. The standard InChI is InChI=1S/C26H20N4O/c1-17-6-2-12-23-24(17)30-25(29-23)20-9-3-7-18(14-20)19-8-4-11-22(15-19)28-26(31)21-10-5-13-27-16-21/h2-16H,1H3,(H,28,31)(H,29,30). The molecule has 5 heteroatoms. The average molecular weight is 404 g/mol. The first-order valence-electron chi connectivity index (χ1n) is 10.0. The zero-order chi connectivity index (χ0) is 21.2. The lowest BCUT2D eigenvalue weighted by atomic mass is 10.0. The van der Waals surface area contributed by atoms with Gasteiger partial charge in [-0.3, -0.25) is 9.78 Å².